The molecule has 0 aromatic heterocycles. The molecule has 0 N–H and O–H groups in total. The number of halogens is 3. The fourth-order valence-electron chi connectivity index (χ4n) is 8.61. The van der Waals surface area contributed by atoms with Gasteiger partial charge < -0.3 is 56.8 Å². The highest BCUT2D eigenvalue weighted by atomic mass is 35.6. The largest absolute Gasteiger partial charge is 0.508 e. The van der Waals surface area contributed by atoms with E-state index in [0.29, 0.717) is 0 Å². The maximum Gasteiger partial charge on any atom is 0.508 e. The molecule has 2 heterocycles. The lowest BCUT2D eigenvalue weighted by Crippen LogP contribution is -2.64. The lowest BCUT2D eigenvalue weighted by molar-refractivity contribution is -0.350. The molecule has 0 spiro atoms. The summed E-state index contributed by atoms with van der Waals surface area (Å²) in [5.74, 6) is 0. The van der Waals surface area contributed by atoms with Gasteiger partial charge in [-0.05, 0) is 33.4 Å². The Balaban J connectivity index is 1.14. The maximum atomic E-state index is 13.1. The minimum Gasteiger partial charge on any atom is -0.431 e. The van der Waals surface area contributed by atoms with Crippen LogP contribution in [-0.4, -0.2) is 98.3 Å². The molecule has 392 valence electrons. The SMILES string of the molecule is CO[C@H]1O[C@H](CO[C@H]2O[C@H](COC(=O)OCC(Cl)(Cl)Cl)[C@@H](OCc3ccccc3)[C@H](OCc3ccccc3)[C@H]2OCc2ccccc2)[C@@H](OCc2ccccc2)[C@H](OCc2ccccc2)[C@H]1OCc1ccccc1. The van der Waals surface area contributed by atoms with Crippen LogP contribution in [0.25, 0.3) is 0 Å². The van der Waals surface area contributed by atoms with E-state index >= 15 is 0 Å². The van der Waals surface area contributed by atoms with Crippen molar-refractivity contribution in [1.82, 2.24) is 0 Å². The van der Waals surface area contributed by atoms with Crippen molar-refractivity contribution < 1.29 is 61.6 Å². The topological polar surface area (TPSA) is 128 Å². The van der Waals surface area contributed by atoms with E-state index in [1.807, 2.05) is 182 Å². The summed E-state index contributed by atoms with van der Waals surface area (Å²) in [7, 11) is 1.56. The molecule has 2 fully saturated rings. The minimum absolute atomic E-state index is 0.133. The Morgan fingerprint density at radius 3 is 1.03 bits per heavy atom. The Kier molecular flexibility index (Phi) is 21.5. The van der Waals surface area contributed by atoms with E-state index in [-0.39, 0.29) is 52.9 Å². The molecule has 0 saturated carbocycles. The Morgan fingerprint density at radius 2 is 0.689 bits per heavy atom. The van der Waals surface area contributed by atoms with Crippen molar-refractivity contribution in [3.8, 4) is 0 Å². The van der Waals surface area contributed by atoms with Gasteiger partial charge in [0.2, 0.25) is 3.79 Å². The standard InChI is InChI=1S/C58H61Cl3O13/c1-63-55-53(68-36-45-28-16-6-17-29-45)51(66-34-43-24-12-4-13-25-43)49(64-32-41-20-8-2-9-21-41)47(73-55)38-70-56-54(69-37-46-30-18-7-19-31-46)52(67-35-44-26-14-5-15-27-44)50(65-33-42-22-10-3-11-23-42)48(74-56)39-71-57(62)72-40-58(59,60)61/h2-31,47-56H,32-40H2,1H3/t47-,48-,49-,50-,51+,52+,53-,54-,55+,56+/m1/s1. The molecule has 0 amide bonds. The molecule has 74 heavy (non-hydrogen) atoms. The van der Waals surface area contributed by atoms with Crippen molar-refractivity contribution in [1.29, 1.82) is 0 Å². The van der Waals surface area contributed by atoms with Crippen molar-refractivity contribution in [2.75, 3.05) is 26.9 Å². The van der Waals surface area contributed by atoms with Gasteiger partial charge in [0.05, 0.1) is 46.2 Å². The average molecular weight is 1070 g/mol. The van der Waals surface area contributed by atoms with E-state index in [1.54, 1.807) is 7.11 Å². The van der Waals surface area contributed by atoms with Crippen LogP contribution in [0, 0.1) is 0 Å². The predicted molar refractivity (Wildman–Crippen MR) is 278 cm³/mol. The molecule has 13 nitrogen and oxygen atoms in total. The zero-order chi connectivity index (χ0) is 51.4. The van der Waals surface area contributed by atoms with Crippen LogP contribution in [0.4, 0.5) is 4.79 Å². The summed E-state index contributed by atoms with van der Waals surface area (Å²) in [5.41, 5.74) is 5.52. The quantitative estimate of drug-likeness (QED) is 0.0399. The molecule has 0 radical (unpaired) electrons. The number of hydrogen-bond donors (Lipinski definition) is 0. The minimum atomic E-state index is -1.87. The van der Waals surface area contributed by atoms with Crippen molar-refractivity contribution in [2.24, 2.45) is 0 Å². The molecule has 16 heteroatoms. The molecule has 0 bridgehead atoms. The van der Waals surface area contributed by atoms with E-state index < -0.39 is 78.0 Å². The number of hydrogen-bond acceptors (Lipinski definition) is 13. The third-order valence-corrected chi connectivity index (χ3v) is 12.6. The molecule has 2 aliphatic heterocycles. The summed E-state index contributed by atoms with van der Waals surface area (Å²) in [5, 5.41) is 0. The molecule has 6 aromatic carbocycles. The van der Waals surface area contributed by atoms with Gasteiger partial charge in [0.1, 0.15) is 62.0 Å². The summed E-state index contributed by atoms with van der Waals surface area (Å²) < 4.78 is 76.6. The first-order valence-electron chi connectivity index (χ1n) is 24.4. The van der Waals surface area contributed by atoms with Gasteiger partial charge in [0, 0.05) is 7.11 Å². The summed E-state index contributed by atoms with van der Waals surface area (Å²) in [4.78, 5) is 13.1. The summed E-state index contributed by atoms with van der Waals surface area (Å²) in [6, 6.07) is 58.7. The van der Waals surface area contributed by atoms with Crippen LogP contribution in [0.5, 0.6) is 0 Å². The number of rotatable bonds is 25. The van der Waals surface area contributed by atoms with Gasteiger partial charge in [0.15, 0.2) is 12.6 Å². The van der Waals surface area contributed by atoms with Crippen LogP contribution in [0.15, 0.2) is 182 Å². The van der Waals surface area contributed by atoms with Gasteiger partial charge in [-0.2, -0.15) is 0 Å². The molecule has 2 aliphatic rings. The Hall–Kier alpha value is -4.94. The number of carbonyl (C=O) groups excluding carboxylic acids is 1. The highest BCUT2D eigenvalue weighted by Gasteiger charge is 2.52. The molecule has 6 aromatic rings. The summed E-state index contributed by atoms with van der Waals surface area (Å²) >= 11 is 17.7. The first-order valence-corrected chi connectivity index (χ1v) is 25.6. The molecular weight excluding hydrogens is 1010 g/mol. The molecule has 0 unspecified atom stereocenters. The zero-order valence-corrected chi connectivity index (χ0v) is 43.2. The number of methoxy groups -OCH3 is 1. The first kappa shape index (κ1) is 55.3. The number of alkyl halides is 3. The van der Waals surface area contributed by atoms with Crippen LogP contribution in [0.2, 0.25) is 0 Å². The Morgan fingerprint density at radius 1 is 0.392 bits per heavy atom. The van der Waals surface area contributed by atoms with Crippen LogP contribution < -0.4 is 0 Å². The maximum absolute atomic E-state index is 13.1. The first-order chi connectivity index (χ1) is 36.2. The van der Waals surface area contributed by atoms with Crippen LogP contribution in [0.1, 0.15) is 33.4 Å². The van der Waals surface area contributed by atoms with Crippen molar-refractivity contribution in [2.45, 2.75) is 105 Å². The third-order valence-electron chi connectivity index (χ3n) is 12.3. The van der Waals surface area contributed by atoms with Crippen LogP contribution in [0.3, 0.4) is 0 Å². The van der Waals surface area contributed by atoms with Gasteiger partial charge in [-0.3, -0.25) is 0 Å². The predicted octanol–water partition coefficient (Wildman–Crippen LogP) is 11.1. The fourth-order valence-corrected chi connectivity index (χ4v) is 8.77. The van der Waals surface area contributed by atoms with Gasteiger partial charge >= 0.3 is 6.16 Å². The van der Waals surface area contributed by atoms with Gasteiger partial charge in [-0.25, -0.2) is 4.79 Å². The van der Waals surface area contributed by atoms with Crippen molar-refractivity contribution in [3.05, 3.63) is 215 Å². The lowest BCUT2D eigenvalue weighted by atomic mass is 9.97. The fraction of sp³-hybridized carbons (Fsp3) is 0.362. The molecule has 10 atom stereocenters. The second kappa shape index (κ2) is 28.8. The second-order valence-electron chi connectivity index (χ2n) is 17.7. The van der Waals surface area contributed by atoms with Gasteiger partial charge in [-0.15, -0.1) is 0 Å². The number of benzene rings is 6. The van der Waals surface area contributed by atoms with E-state index in [9.17, 15) is 4.79 Å². The van der Waals surface area contributed by atoms with Crippen LogP contribution >= 0.6 is 34.8 Å². The summed E-state index contributed by atoms with van der Waals surface area (Å²) in [6.45, 7) is 0.112. The highest BCUT2D eigenvalue weighted by molar-refractivity contribution is 6.67. The summed E-state index contributed by atoms with van der Waals surface area (Å²) in [6.07, 6.45) is -10.1. The van der Waals surface area contributed by atoms with Crippen molar-refractivity contribution >= 4 is 41.0 Å². The van der Waals surface area contributed by atoms with Crippen molar-refractivity contribution in [3.63, 3.8) is 0 Å². The molecule has 2 saturated heterocycles. The van der Waals surface area contributed by atoms with E-state index in [1.165, 1.54) is 0 Å². The second-order valence-corrected chi connectivity index (χ2v) is 20.2. The van der Waals surface area contributed by atoms with Gasteiger partial charge in [-0.1, -0.05) is 217 Å². The number of ether oxygens (including phenoxy) is 12. The van der Waals surface area contributed by atoms with E-state index in [2.05, 4.69) is 0 Å². The highest BCUT2D eigenvalue weighted by Crippen LogP contribution is 2.35. The Bertz CT molecular complexity index is 2500. The smallest absolute Gasteiger partial charge is 0.431 e. The molecular formula is C58H61Cl3O13. The van der Waals surface area contributed by atoms with Gasteiger partial charge in [0.25, 0.3) is 0 Å². The molecule has 0 aliphatic carbocycles. The Labute approximate surface area is 447 Å². The normalized spacial score (nSPS) is 24.0. The number of carbonyl (C=O) groups is 1. The molecule has 8 rings (SSSR count). The van der Waals surface area contributed by atoms with Crippen LogP contribution in [-0.2, 0) is 96.5 Å². The zero-order valence-electron chi connectivity index (χ0n) is 40.9. The monoisotopic (exact) mass is 1070 g/mol. The average Bonchev–Trinajstić information content (AvgIpc) is 3.44. The van der Waals surface area contributed by atoms with E-state index in [4.69, 9.17) is 91.6 Å². The lowest BCUT2D eigenvalue weighted by Gasteiger charge is -2.47. The third kappa shape index (κ3) is 17.0. The van der Waals surface area contributed by atoms with E-state index in [0.717, 1.165) is 33.4 Å².